The van der Waals surface area contributed by atoms with Crippen molar-refractivity contribution in [1.29, 1.82) is 0 Å². The largest absolute Gasteiger partial charge is 0.390 e. The second-order valence-corrected chi connectivity index (χ2v) is 3.01. The fraction of sp³-hybridized carbons (Fsp3) is 1.00. The van der Waals surface area contributed by atoms with E-state index in [1.54, 1.807) is 7.11 Å². The van der Waals surface area contributed by atoms with Gasteiger partial charge in [-0.15, -0.1) is 0 Å². The summed E-state index contributed by atoms with van der Waals surface area (Å²) in [6.07, 6.45) is 3.12. The van der Waals surface area contributed by atoms with E-state index in [1.165, 1.54) is 12.8 Å². The highest BCUT2D eigenvalue weighted by molar-refractivity contribution is 4.85. The topological polar surface area (TPSA) is 29.5 Å². The van der Waals surface area contributed by atoms with Gasteiger partial charge in [0.1, 0.15) is 0 Å². The Labute approximate surface area is 62.2 Å². The maximum atomic E-state index is 9.52. The molecule has 2 nitrogen and oxygen atoms in total. The summed E-state index contributed by atoms with van der Waals surface area (Å²) in [6.45, 7) is 2.04. The molecule has 0 amide bonds. The van der Waals surface area contributed by atoms with Gasteiger partial charge in [0.2, 0.25) is 0 Å². The zero-order valence-corrected chi connectivity index (χ0v) is 6.71. The van der Waals surface area contributed by atoms with E-state index in [9.17, 15) is 5.11 Å². The van der Waals surface area contributed by atoms with Crippen molar-refractivity contribution in [2.24, 2.45) is 5.92 Å². The van der Waals surface area contributed by atoms with Crippen LogP contribution in [0.5, 0.6) is 0 Å². The van der Waals surface area contributed by atoms with Crippen molar-refractivity contribution >= 4 is 0 Å². The second-order valence-electron chi connectivity index (χ2n) is 3.01. The van der Waals surface area contributed by atoms with Crippen molar-refractivity contribution in [3.8, 4) is 0 Å². The molecule has 2 heteroatoms. The highest BCUT2D eigenvalue weighted by Gasteiger charge is 2.34. The Hall–Kier alpha value is -0.0800. The molecule has 1 rings (SSSR count). The molecule has 1 N–H and O–H groups in total. The lowest BCUT2D eigenvalue weighted by molar-refractivity contribution is -0.0241. The summed E-state index contributed by atoms with van der Waals surface area (Å²) >= 11 is 0. The molecule has 10 heavy (non-hydrogen) atoms. The number of ether oxygens (including phenoxy) is 1. The molecule has 0 aliphatic heterocycles. The molecule has 60 valence electrons. The third-order valence-electron chi connectivity index (χ3n) is 2.19. The van der Waals surface area contributed by atoms with E-state index >= 15 is 0 Å². The minimum atomic E-state index is -0.213. The third kappa shape index (κ3) is 1.70. The van der Waals surface area contributed by atoms with Crippen molar-refractivity contribution in [3.63, 3.8) is 0 Å². The number of rotatable bonds is 4. The number of hydrogen-bond acceptors (Lipinski definition) is 2. The first-order valence-corrected chi connectivity index (χ1v) is 4.00. The zero-order chi connectivity index (χ0) is 7.56. The van der Waals surface area contributed by atoms with Crippen LogP contribution in [0.3, 0.4) is 0 Å². The van der Waals surface area contributed by atoms with Crippen LogP contribution in [0.15, 0.2) is 0 Å². The Morgan fingerprint density at radius 3 is 2.50 bits per heavy atom. The molecule has 0 aromatic rings. The van der Waals surface area contributed by atoms with Crippen LogP contribution in [0.4, 0.5) is 0 Å². The summed E-state index contributed by atoms with van der Waals surface area (Å²) in [5.41, 5.74) is 0. The van der Waals surface area contributed by atoms with Crippen molar-refractivity contribution < 1.29 is 9.84 Å². The molecule has 2 atom stereocenters. The van der Waals surface area contributed by atoms with Crippen molar-refractivity contribution in [3.05, 3.63) is 0 Å². The summed E-state index contributed by atoms with van der Waals surface area (Å²) < 4.78 is 5.11. The van der Waals surface area contributed by atoms with E-state index in [2.05, 4.69) is 0 Å². The predicted octanol–water partition coefficient (Wildman–Crippen LogP) is 1.18. The molecule has 0 saturated heterocycles. The summed E-state index contributed by atoms with van der Waals surface area (Å²) in [6, 6.07) is 0. The van der Waals surface area contributed by atoms with Gasteiger partial charge in [0.15, 0.2) is 0 Å². The Morgan fingerprint density at radius 1 is 1.60 bits per heavy atom. The van der Waals surface area contributed by atoms with Crippen LogP contribution in [0.1, 0.15) is 26.2 Å². The lowest BCUT2D eigenvalue weighted by Crippen LogP contribution is -2.28. The van der Waals surface area contributed by atoms with Gasteiger partial charge in [-0.3, -0.25) is 0 Å². The highest BCUT2D eigenvalue weighted by atomic mass is 16.5. The standard InChI is InChI=1S/C8H16O2/c1-3-7(10-2)8(9)6-4-5-6/h6-9H,3-5H2,1-2H3. The summed E-state index contributed by atoms with van der Waals surface area (Å²) in [7, 11) is 1.67. The highest BCUT2D eigenvalue weighted by Crippen LogP contribution is 2.35. The molecule has 0 aromatic heterocycles. The van der Waals surface area contributed by atoms with Crippen LogP contribution >= 0.6 is 0 Å². The first-order chi connectivity index (χ1) is 4.79. The molecular formula is C8H16O2. The van der Waals surface area contributed by atoms with Gasteiger partial charge >= 0.3 is 0 Å². The van der Waals surface area contributed by atoms with Crippen LogP contribution in [-0.4, -0.2) is 24.4 Å². The fourth-order valence-corrected chi connectivity index (χ4v) is 1.29. The molecule has 0 radical (unpaired) electrons. The summed E-state index contributed by atoms with van der Waals surface area (Å²) in [5, 5.41) is 9.52. The van der Waals surface area contributed by atoms with Crippen LogP contribution in [-0.2, 0) is 4.74 Å². The lowest BCUT2D eigenvalue weighted by atomic mass is 10.1. The van der Waals surface area contributed by atoms with Gasteiger partial charge in [-0.2, -0.15) is 0 Å². The van der Waals surface area contributed by atoms with E-state index in [-0.39, 0.29) is 12.2 Å². The predicted molar refractivity (Wildman–Crippen MR) is 39.8 cm³/mol. The Kier molecular flexibility index (Phi) is 2.69. The first kappa shape index (κ1) is 8.02. The van der Waals surface area contributed by atoms with Gasteiger partial charge in [0.25, 0.3) is 0 Å². The van der Waals surface area contributed by atoms with Crippen LogP contribution in [0.2, 0.25) is 0 Å². The SMILES string of the molecule is CCC(OC)C(O)C1CC1. The van der Waals surface area contributed by atoms with Gasteiger partial charge in [-0.25, -0.2) is 0 Å². The average Bonchev–Trinajstić information content (AvgIpc) is 2.71. The average molecular weight is 144 g/mol. The molecule has 0 bridgehead atoms. The van der Waals surface area contributed by atoms with E-state index in [4.69, 9.17) is 4.74 Å². The molecule has 1 aliphatic carbocycles. The number of methoxy groups -OCH3 is 1. The lowest BCUT2D eigenvalue weighted by Gasteiger charge is -2.19. The monoisotopic (exact) mass is 144 g/mol. The second kappa shape index (κ2) is 3.35. The molecular weight excluding hydrogens is 128 g/mol. The van der Waals surface area contributed by atoms with Crippen LogP contribution in [0, 0.1) is 5.92 Å². The van der Waals surface area contributed by atoms with Gasteiger partial charge in [-0.1, -0.05) is 6.92 Å². The van der Waals surface area contributed by atoms with Crippen LogP contribution in [0.25, 0.3) is 0 Å². The molecule has 1 aliphatic rings. The maximum absolute atomic E-state index is 9.52. The molecule has 1 saturated carbocycles. The molecule has 0 spiro atoms. The minimum absolute atomic E-state index is 0.0625. The zero-order valence-electron chi connectivity index (χ0n) is 6.71. The molecule has 0 heterocycles. The number of aliphatic hydroxyl groups excluding tert-OH is 1. The summed E-state index contributed by atoms with van der Waals surface area (Å²) in [5.74, 6) is 0.532. The van der Waals surface area contributed by atoms with Crippen molar-refractivity contribution in [1.82, 2.24) is 0 Å². The molecule has 2 unspecified atom stereocenters. The van der Waals surface area contributed by atoms with Crippen LogP contribution < -0.4 is 0 Å². The van der Waals surface area contributed by atoms with Gasteiger partial charge in [-0.05, 0) is 25.2 Å². The van der Waals surface area contributed by atoms with Crippen molar-refractivity contribution in [2.45, 2.75) is 38.4 Å². The third-order valence-corrected chi connectivity index (χ3v) is 2.19. The first-order valence-electron chi connectivity index (χ1n) is 4.00. The Bertz CT molecular complexity index is 95.4. The number of hydrogen-bond donors (Lipinski definition) is 1. The van der Waals surface area contributed by atoms with E-state index in [0.717, 1.165) is 6.42 Å². The van der Waals surface area contributed by atoms with E-state index in [0.29, 0.717) is 5.92 Å². The Morgan fingerprint density at radius 2 is 2.20 bits per heavy atom. The maximum Gasteiger partial charge on any atom is 0.0830 e. The van der Waals surface area contributed by atoms with E-state index < -0.39 is 0 Å². The van der Waals surface area contributed by atoms with Crippen molar-refractivity contribution in [2.75, 3.05) is 7.11 Å². The van der Waals surface area contributed by atoms with Gasteiger partial charge in [0, 0.05) is 7.11 Å². The van der Waals surface area contributed by atoms with Gasteiger partial charge in [0.05, 0.1) is 12.2 Å². The Balaban J connectivity index is 2.27. The normalized spacial score (nSPS) is 24.3. The van der Waals surface area contributed by atoms with E-state index in [1.807, 2.05) is 6.92 Å². The summed E-state index contributed by atoms with van der Waals surface area (Å²) in [4.78, 5) is 0. The minimum Gasteiger partial charge on any atom is -0.390 e. The molecule has 0 aromatic carbocycles. The molecule has 1 fully saturated rings. The number of aliphatic hydroxyl groups is 1. The smallest absolute Gasteiger partial charge is 0.0830 e. The quantitative estimate of drug-likeness (QED) is 0.642. The fourth-order valence-electron chi connectivity index (χ4n) is 1.29. The van der Waals surface area contributed by atoms with Gasteiger partial charge < -0.3 is 9.84 Å².